The topological polar surface area (TPSA) is 107 Å². The number of rotatable bonds is 7. The van der Waals surface area contributed by atoms with Crippen LogP contribution in [0.1, 0.15) is 29.5 Å². The molecule has 1 aliphatic rings. The summed E-state index contributed by atoms with van der Waals surface area (Å²) >= 11 is 0. The van der Waals surface area contributed by atoms with Crippen LogP contribution in [-0.2, 0) is 29.0 Å². The molecule has 0 aliphatic heterocycles. The number of methoxy groups -OCH3 is 1. The number of nitrogens with one attached hydrogen (secondary N) is 2. The summed E-state index contributed by atoms with van der Waals surface area (Å²) in [5, 5.41) is 6.06. The second kappa shape index (κ2) is 9.55. The van der Waals surface area contributed by atoms with E-state index in [0.29, 0.717) is 22.6 Å². The third-order valence-electron chi connectivity index (χ3n) is 5.39. The lowest BCUT2D eigenvalue weighted by molar-refractivity contribution is -0.144. The van der Waals surface area contributed by atoms with Crippen molar-refractivity contribution in [1.82, 2.24) is 5.32 Å². The molecule has 2 N–H and O–H groups in total. The van der Waals surface area contributed by atoms with Crippen LogP contribution in [0.4, 0.5) is 10.5 Å². The highest BCUT2D eigenvalue weighted by molar-refractivity contribution is 5.89. The molecule has 1 aliphatic carbocycles. The Morgan fingerprint density at radius 2 is 1.81 bits per heavy atom. The van der Waals surface area contributed by atoms with E-state index in [1.807, 2.05) is 12.1 Å². The molecule has 2 aromatic carbocycles. The minimum Gasteiger partial charge on any atom is -0.497 e. The minimum absolute atomic E-state index is 0.00477. The third-order valence-corrected chi connectivity index (χ3v) is 5.39. The zero-order chi connectivity index (χ0) is 22.5. The van der Waals surface area contributed by atoms with Crippen molar-refractivity contribution < 1.29 is 23.5 Å². The molecule has 1 heterocycles. The molecular weight excluding hydrogens is 412 g/mol. The van der Waals surface area contributed by atoms with Crippen LogP contribution in [0.2, 0.25) is 0 Å². The number of anilines is 1. The van der Waals surface area contributed by atoms with E-state index >= 15 is 0 Å². The number of carbonyl (C=O) groups is 2. The summed E-state index contributed by atoms with van der Waals surface area (Å²) in [5.74, 6) is 0.212. The van der Waals surface area contributed by atoms with Gasteiger partial charge in [-0.15, -0.1) is 0 Å². The average Bonchev–Trinajstić information content (AvgIpc) is 3.24. The zero-order valence-corrected chi connectivity index (χ0v) is 17.7. The number of carbonyl (C=O) groups excluding carboxylic acids is 2. The summed E-state index contributed by atoms with van der Waals surface area (Å²) in [7, 11) is 1.56. The molecular formula is C24H24N2O6. The van der Waals surface area contributed by atoms with Crippen molar-refractivity contribution in [2.45, 2.75) is 32.3 Å². The van der Waals surface area contributed by atoms with Crippen LogP contribution in [0, 0.1) is 0 Å². The summed E-state index contributed by atoms with van der Waals surface area (Å²) < 4.78 is 15.7. The van der Waals surface area contributed by atoms with Crippen LogP contribution in [-0.4, -0.2) is 25.7 Å². The highest BCUT2D eigenvalue weighted by atomic mass is 16.5. The van der Waals surface area contributed by atoms with E-state index in [4.69, 9.17) is 13.9 Å². The Bertz CT molecular complexity index is 1200. The van der Waals surface area contributed by atoms with Gasteiger partial charge in [-0.25, -0.2) is 9.59 Å². The van der Waals surface area contributed by atoms with E-state index in [0.717, 1.165) is 24.6 Å². The first-order valence-electron chi connectivity index (χ1n) is 10.4. The van der Waals surface area contributed by atoms with Crippen LogP contribution in [0.5, 0.6) is 5.75 Å². The van der Waals surface area contributed by atoms with Gasteiger partial charge in [0.1, 0.15) is 17.9 Å². The van der Waals surface area contributed by atoms with Crippen LogP contribution in [0.3, 0.4) is 0 Å². The number of aryl methyl sites for hydroxylation is 2. The molecule has 32 heavy (non-hydrogen) atoms. The van der Waals surface area contributed by atoms with Gasteiger partial charge in [0.15, 0.2) is 0 Å². The molecule has 0 unspecified atom stereocenters. The molecule has 0 bridgehead atoms. The van der Waals surface area contributed by atoms with Crippen molar-refractivity contribution in [2.75, 3.05) is 19.0 Å². The second-order valence-electron chi connectivity index (χ2n) is 7.58. The molecule has 4 rings (SSSR count). The Kier molecular flexibility index (Phi) is 6.39. The minimum atomic E-state index is -0.475. The molecule has 1 aromatic heterocycles. The van der Waals surface area contributed by atoms with E-state index in [-0.39, 0.29) is 19.6 Å². The van der Waals surface area contributed by atoms with E-state index in [9.17, 15) is 14.4 Å². The Morgan fingerprint density at radius 3 is 2.56 bits per heavy atom. The van der Waals surface area contributed by atoms with Gasteiger partial charge in [0.05, 0.1) is 13.5 Å². The van der Waals surface area contributed by atoms with Gasteiger partial charge in [-0.2, -0.15) is 0 Å². The summed E-state index contributed by atoms with van der Waals surface area (Å²) in [5.41, 5.74) is 3.70. The molecule has 166 valence electrons. The Balaban J connectivity index is 1.28. The van der Waals surface area contributed by atoms with Crippen LogP contribution in [0.25, 0.3) is 11.0 Å². The molecule has 0 fully saturated rings. The molecule has 0 atom stereocenters. The fourth-order valence-electron chi connectivity index (χ4n) is 3.77. The molecule has 8 heteroatoms. The third kappa shape index (κ3) is 5.08. The number of benzene rings is 2. The van der Waals surface area contributed by atoms with Crippen LogP contribution >= 0.6 is 0 Å². The second-order valence-corrected chi connectivity index (χ2v) is 7.58. The number of hydrogen-bond donors (Lipinski definition) is 2. The summed E-state index contributed by atoms with van der Waals surface area (Å²) in [6.45, 7) is 0.0871. The fraction of sp³-hybridized carbons (Fsp3) is 0.292. The zero-order valence-electron chi connectivity index (χ0n) is 17.7. The maximum atomic E-state index is 12.1. The van der Waals surface area contributed by atoms with Gasteiger partial charge >= 0.3 is 17.6 Å². The SMILES string of the molecule is COc1ccc(NC(=O)NCCC(=O)OCc2cc(=O)oc3cc4c(cc23)CCC4)cc1. The molecule has 0 radical (unpaired) electrons. The number of amides is 2. The number of hydrogen-bond acceptors (Lipinski definition) is 6. The lowest BCUT2D eigenvalue weighted by Gasteiger charge is -2.10. The van der Waals surface area contributed by atoms with Crippen molar-refractivity contribution in [1.29, 1.82) is 0 Å². The maximum absolute atomic E-state index is 12.1. The Labute approximate surface area is 184 Å². The Morgan fingerprint density at radius 1 is 1.06 bits per heavy atom. The van der Waals surface area contributed by atoms with Gasteiger partial charge < -0.3 is 24.5 Å². The van der Waals surface area contributed by atoms with Crippen LogP contribution in [0.15, 0.2) is 51.7 Å². The van der Waals surface area contributed by atoms with Gasteiger partial charge in [0.2, 0.25) is 0 Å². The first kappa shape index (κ1) is 21.4. The first-order valence-corrected chi connectivity index (χ1v) is 10.4. The molecule has 3 aromatic rings. The van der Waals surface area contributed by atoms with Crippen LogP contribution < -0.4 is 21.0 Å². The summed E-state index contributed by atoms with van der Waals surface area (Å²) in [6, 6.07) is 11.8. The molecule has 0 spiro atoms. The van der Waals surface area contributed by atoms with Gasteiger partial charge in [0, 0.05) is 29.2 Å². The fourth-order valence-corrected chi connectivity index (χ4v) is 3.77. The van der Waals surface area contributed by atoms with Crippen molar-refractivity contribution in [3.63, 3.8) is 0 Å². The highest BCUT2D eigenvalue weighted by Gasteiger charge is 2.16. The van der Waals surface area contributed by atoms with Crippen molar-refractivity contribution >= 4 is 28.7 Å². The van der Waals surface area contributed by atoms with E-state index in [1.165, 1.54) is 17.2 Å². The predicted molar refractivity (Wildman–Crippen MR) is 119 cm³/mol. The van der Waals surface area contributed by atoms with Gasteiger partial charge in [-0.05, 0) is 66.8 Å². The van der Waals surface area contributed by atoms with Crippen molar-refractivity contribution in [2.24, 2.45) is 0 Å². The first-order chi connectivity index (χ1) is 15.5. The number of urea groups is 1. The van der Waals surface area contributed by atoms with E-state index in [1.54, 1.807) is 31.4 Å². The van der Waals surface area contributed by atoms with Crippen molar-refractivity contribution in [3.05, 3.63) is 69.6 Å². The van der Waals surface area contributed by atoms with Crippen molar-refractivity contribution in [3.8, 4) is 5.75 Å². The molecule has 0 saturated carbocycles. The van der Waals surface area contributed by atoms with E-state index < -0.39 is 17.6 Å². The monoisotopic (exact) mass is 436 g/mol. The molecule has 8 nitrogen and oxygen atoms in total. The largest absolute Gasteiger partial charge is 0.497 e. The smallest absolute Gasteiger partial charge is 0.336 e. The maximum Gasteiger partial charge on any atom is 0.336 e. The van der Waals surface area contributed by atoms with Gasteiger partial charge in [-0.3, -0.25) is 4.79 Å². The summed E-state index contributed by atoms with van der Waals surface area (Å²) in [4.78, 5) is 36.0. The number of fused-ring (bicyclic) bond motifs is 2. The number of ether oxygens (including phenoxy) is 2. The van der Waals surface area contributed by atoms with Gasteiger partial charge in [-0.1, -0.05) is 0 Å². The highest BCUT2D eigenvalue weighted by Crippen LogP contribution is 2.28. The number of esters is 1. The average molecular weight is 436 g/mol. The lowest BCUT2D eigenvalue weighted by atomic mass is 10.0. The quantitative estimate of drug-likeness (QED) is 0.433. The Hall–Kier alpha value is -3.81. The van der Waals surface area contributed by atoms with E-state index in [2.05, 4.69) is 10.6 Å². The standard InChI is InChI=1S/C24H24N2O6/c1-30-19-7-5-18(6-8-19)26-24(29)25-10-9-22(27)31-14-17-13-23(28)32-21-12-16-4-2-3-15(16)11-20(17)21/h5-8,11-13H,2-4,9-10,14H2,1H3,(H2,25,26,29). The van der Waals surface area contributed by atoms with Gasteiger partial charge in [0.25, 0.3) is 0 Å². The lowest BCUT2D eigenvalue weighted by Crippen LogP contribution is -2.30. The normalized spacial score (nSPS) is 12.3. The molecule has 2 amide bonds. The summed E-state index contributed by atoms with van der Waals surface area (Å²) in [6.07, 6.45) is 3.06. The predicted octanol–water partition coefficient (Wildman–Crippen LogP) is 3.55. The molecule has 0 saturated heterocycles.